The molecule has 1 aliphatic rings. The third-order valence-electron chi connectivity index (χ3n) is 6.82. The zero-order valence-corrected chi connectivity index (χ0v) is 21.4. The van der Waals surface area contributed by atoms with Crippen LogP contribution in [0.15, 0.2) is 40.1 Å². The largest absolute Gasteiger partial charge is 0.411 e. The first kappa shape index (κ1) is 26.0. The SMILES string of the molecule is Cc1cn([C@H]2C[C@H](O)[C@@H](C(Cc3ccccc3[N+](=O)[O-])O[Si](C)(C)C(C)(C)C)O2)c(=O)[nH]c1=O. The number of hydrogen-bond donors (Lipinski definition) is 2. The summed E-state index contributed by atoms with van der Waals surface area (Å²) >= 11 is 0. The smallest absolute Gasteiger partial charge is 0.330 e. The second kappa shape index (κ2) is 9.57. The standard InChI is InChI=1S/C23H33N3O7Si/c1-14-13-25(22(29)24-21(14)28)19-12-17(27)20(32-19)18(33-34(5,6)23(2,3)4)11-15-9-7-8-10-16(15)26(30)31/h7-10,13,17-20,27H,11-12H2,1-6H3,(H,24,28,29)/t17-,18?,19+,20-/m0/s1. The number of aliphatic hydroxyl groups is 1. The van der Waals surface area contributed by atoms with Crippen LogP contribution in [-0.2, 0) is 15.6 Å². The van der Waals surface area contributed by atoms with E-state index in [4.69, 9.17) is 9.16 Å². The molecule has 0 radical (unpaired) electrons. The van der Waals surface area contributed by atoms with E-state index in [2.05, 4.69) is 38.8 Å². The maximum atomic E-state index is 12.4. The number of hydrogen-bond acceptors (Lipinski definition) is 7. The van der Waals surface area contributed by atoms with Crippen molar-refractivity contribution in [1.82, 2.24) is 9.55 Å². The van der Waals surface area contributed by atoms with E-state index in [-0.39, 0.29) is 23.6 Å². The number of nitrogens with zero attached hydrogens (tertiary/aromatic N) is 2. The van der Waals surface area contributed by atoms with Gasteiger partial charge < -0.3 is 14.3 Å². The molecule has 11 heteroatoms. The van der Waals surface area contributed by atoms with Crippen LogP contribution in [0.5, 0.6) is 0 Å². The van der Waals surface area contributed by atoms with E-state index in [0.29, 0.717) is 11.1 Å². The molecule has 0 bridgehead atoms. The van der Waals surface area contributed by atoms with Gasteiger partial charge in [-0.2, -0.15) is 0 Å². The van der Waals surface area contributed by atoms with E-state index in [1.165, 1.54) is 16.8 Å². The summed E-state index contributed by atoms with van der Waals surface area (Å²) in [7, 11) is -2.37. The van der Waals surface area contributed by atoms with E-state index in [0.717, 1.165) is 0 Å². The van der Waals surface area contributed by atoms with Crippen LogP contribution >= 0.6 is 0 Å². The number of aliphatic hydroxyl groups excluding tert-OH is 1. The molecule has 0 amide bonds. The van der Waals surface area contributed by atoms with Crippen molar-refractivity contribution >= 4 is 14.0 Å². The van der Waals surface area contributed by atoms with Gasteiger partial charge in [0.1, 0.15) is 12.3 Å². The van der Waals surface area contributed by atoms with Gasteiger partial charge in [-0.15, -0.1) is 0 Å². The molecule has 34 heavy (non-hydrogen) atoms. The second-order valence-electron chi connectivity index (χ2n) is 10.3. The third kappa shape index (κ3) is 5.38. The van der Waals surface area contributed by atoms with Crippen LogP contribution < -0.4 is 11.2 Å². The Labute approximate surface area is 198 Å². The number of nitrogens with one attached hydrogen (secondary N) is 1. The van der Waals surface area contributed by atoms with Gasteiger partial charge in [-0.05, 0) is 25.1 Å². The highest BCUT2D eigenvalue weighted by atomic mass is 28.4. The Hall–Kier alpha value is -2.60. The molecule has 3 rings (SSSR count). The molecule has 1 saturated heterocycles. The Bertz CT molecular complexity index is 1170. The minimum atomic E-state index is -2.37. The monoisotopic (exact) mass is 491 g/mol. The fourth-order valence-electron chi connectivity index (χ4n) is 3.84. The first-order valence-electron chi connectivity index (χ1n) is 11.3. The quantitative estimate of drug-likeness (QED) is 0.345. The summed E-state index contributed by atoms with van der Waals surface area (Å²) in [5, 5.41) is 22.4. The molecule has 4 atom stereocenters. The lowest BCUT2D eigenvalue weighted by Crippen LogP contribution is -2.50. The molecule has 186 valence electrons. The zero-order chi connectivity index (χ0) is 25.4. The second-order valence-corrected chi connectivity index (χ2v) is 15.1. The van der Waals surface area contributed by atoms with Gasteiger partial charge in [-0.3, -0.25) is 24.5 Å². The van der Waals surface area contributed by atoms with Crippen molar-refractivity contribution in [2.75, 3.05) is 0 Å². The van der Waals surface area contributed by atoms with Crippen molar-refractivity contribution in [2.45, 2.75) is 83.2 Å². The Kier molecular flexibility index (Phi) is 7.32. The van der Waals surface area contributed by atoms with Crippen molar-refractivity contribution < 1.29 is 19.2 Å². The predicted molar refractivity (Wildman–Crippen MR) is 129 cm³/mol. The molecule has 10 nitrogen and oxygen atoms in total. The van der Waals surface area contributed by atoms with Gasteiger partial charge in [0.25, 0.3) is 11.2 Å². The molecule has 1 fully saturated rings. The molecule has 2 aromatic rings. The number of nitro groups is 1. The zero-order valence-electron chi connectivity index (χ0n) is 20.4. The minimum absolute atomic E-state index is 0.0251. The highest BCUT2D eigenvalue weighted by Crippen LogP contribution is 2.40. The summed E-state index contributed by atoms with van der Waals surface area (Å²) in [6.07, 6.45) is -1.59. The van der Waals surface area contributed by atoms with Crippen molar-refractivity contribution in [3.63, 3.8) is 0 Å². The molecule has 0 spiro atoms. The first-order chi connectivity index (χ1) is 15.7. The molecular formula is C23H33N3O7Si. The van der Waals surface area contributed by atoms with E-state index in [1.54, 1.807) is 25.1 Å². The molecule has 1 aromatic carbocycles. The normalized spacial score (nSPS) is 22.0. The van der Waals surface area contributed by atoms with Crippen LogP contribution in [0.25, 0.3) is 0 Å². The van der Waals surface area contributed by atoms with Crippen LogP contribution in [0.1, 0.15) is 44.5 Å². The van der Waals surface area contributed by atoms with Crippen molar-refractivity contribution in [3.8, 4) is 0 Å². The highest BCUT2D eigenvalue weighted by Gasteiger charge is 2.46. The van der Waals surface area contributed by atoms with Crippen molar-refractivity contribution in [2.24, 2.45) is 0 Å². The van der Waals surface area contributed by atoms with E-state index < -0.39 is 49.0 Å². The topological polar surface area (TPSA) is 137 Å². The average Bonchev–Trinajstić information content (AvgIpc) is 3.10. The summed E-state index contributed by atoms with van der Waals surface area (Å²) < 4.78 is 14.0. The van der Waals surface area contributed by atoms with Gasteiger partial charge in [0.2, 0.25) is 0 Å². The number of H-pyrrole nitrogens is 1. The molecule has 1 aliphatic heterocycles. The number of aromatic amines is 1. The van der Waals surface area contributed by atoms with E-state index in [1.807, 2.05) is 0 Å². The van der Waals surface area contributed by atoms with Gasteiger partial charge in [-0.1, -0.05) is 39.0 Å². The van der Waals surface area contributed by atoms with E-state index in [9.17, 15) is 24.8 Å². The number of aromatic nitrogens is 2. The maximum Gasteiger partial charge on any atom is 0.330 e. The number of nitro benzene ring substituents is 1. The summed E-state index contributed by atoms with van der Waals surface area (Å²) in [6.45, 7) is 12.0. The molecule has 2 heterocycles. The molecule has 2 N–H and O–H groups in total. The number of rotatable bonds is 7. The van der Waals surface area contributed by atoms with Crippen LogP contribution in [0.3, 0.4) is 0 Å². The van der Waals surface area contributed by atoms with Gasteiger partial charge in [0.05, 0.1) is 17.1 Å². The number of ether oxygens (including phenoxy) is 1. The lowest BCUT2D eigenvalue weighted by atomic mass is 9.99. The van der Waals surface area contributed by atoms with Crippen LogP contribution in [0, 0.1) is 17.0 Å². The molecule has 0 saturated carbocycles. The minimum Gasteiger partial charge on any atom is -0.411 e. The predicted octanol–water partition coefficient (Wildman–Crippen LogP) is 3.03. The van der Waals surface area contributed by atoms with Gasteiger partial charge in [-0.25, -0.2) is 4.79 Å². The lowest BCUT2D eigenvalue weighted by Gasteiger charge is -2.41. The van der Waals surface area contributed by atoms with Crippen molar-refractivity contribution in [3.05, 3.63) is 72.5 Å². The first-order valence-corrected chi connectivity index (χ1v) is 14.2. The number of aryl methyl sites for hydroxylation is 1. The third-order valence-corrected chi connectivity index (χ3v) is 11.3. The summed E-state index contributed by atoms with van der Waals surface area (Å²) in [5.74, 6) is 0. The van der Waals surface area contributed by atoms with Crippen LogP contribution in [0.4, 0.5) is 5.69 Å². The molecular weight excluding hydrogens is 458 g/mol. The van der Waals surface area contributed by atoms with Gasteiger partial charge in [0.15, 0.2) is 8.32 Å². The Morgan fingerprint density at radius 1 is 1.32 bits per heavy atom. The number of para-hydroxylation sites is 1. The summed E-state index contributed by atoms with van der Waals surface area (Å²) in [6, 6.07) is 6.45. The van der Waals surface area contributed by atoms with Crippen LogP contribution in [0.2, 0.25) is 18.1 Å². The maximum absolute atomic E-state index is 12.4. The fraction of sp³-hybridized carbons (Fsp3) is 0.565. The molecule has 0 aliphatic carbocycles. The summed E-state index contributed by atoms with van der Waals surface area (Å²) in [5.41, 5.74) is -0.314. The fourth-order valence-corrected chi connectivity index (χ4v) is 5.17. The lowest BCUT2D eigenvalue weighted by molar-refractivity contribution is -0.385. The Balaban J connectivity index is 1.98. The molecule has 1 aromatic heterocycles. The Morgan fingerprint density at radius 3 is 2.59 bits per heavy atom. The number of benzene rings is 1. The van der Waals surface area contributed by atoms with E-state index >= 15 is 0 Å². The van der Waals surface area contributed by atoms with Crippen molar-refractivity contribution in [1.29, 1.82) is 0 Å². The van der Waals surface area contributed by atoms with Crippen LogP contribution in [-0.4, -0.2) is 46.2 Å². The van der Waals surface area contributed by atoms with Gasteiger partial charge in [0, 0.05) is 36.2 Å². The van der Waals surface area contributed by atoms with Gasteiger partial charge >= 0.3 is 5.69 Å². The molecule has 1 unspecified atom stereocenters. The highest BCUT2D eigenvalue weighted by molar-refractivity contribution is 6.74. The Morgan fingerprint density at radius 2 is 1.97 bits per heavy atom. The average molecular weight is 492 g/mol. The summed E-state index contributed by atoms with van der Waals surface area (Å²) in [4.78, 5) is 37.5.